The first-order valence-electron chi connectivity index (χ1n) is 8.76. The Morgan fingerprint density at radius 2 is 1.62 bits per heavy atom. The van der Waals surface area contributed by atoms with Crippen LogP contribution in [0, 0.1) is 0 Å². The van der Waals surface area contributed by atoms with Gasteiger partial charge in [-0.3, -0.25) is 4.79 Å². The second-order valence-corrected chi connectivity index (χ2v) is 7.04. The molecule has 0 atom stereocenters. The van der Waals surface area contributed by atoms with Gasteiger partial charge in [0.25, 0.3) is 5.91 Å². The number of amides is 3. The van der Waals surface area contributed by atoms with E-state index in [1.807, 2.05) is 24.3 Å². The molecule has 1 fully saturated rings. The van der Waals surface area contributed by atoms with Gasteiger partial charge in [-0.25, -0.2) is 4.79 Å². The van der Waals surface area contributed by atoms with Gasteiger partial charge in [0.05, 0.1) is 5.60 Å². The first-order valence-corrected chi connectivity index (χ1v) is 8.76. The summed E-state index contributed by atoms with van der Waals surface area (Å²) in [4.78, 5) is 26.3. The Kier molecular flexibility index (Phi) is 4.12. The molecule has 26 heavy (non-hydrogen) atoms. The molecule has 0 saturated heterocycles. The molecule has 4 rings (SSSR count). The van der Waals surface area contributed by atoms with Crippen molar-refractivity contribution in [2.75, 3.05) is 11.9 Å². The van der Waals surface area contributed by atoms with Gasteiger partial charge in [0.1, 0.15) is 0 Å². The zero-order chi connectivity index (χ0) is 18.1. The van der Waals surface area contributed by atoms with Gasteiger partial charge in [0.15, 0.2) is 0 Å². The molecule has 2 aromatic rings. The topological polar surface area (TPSA) is 81.7 Å². The van der Waals surface area contributed by atoms with Gasteiger partial charge < -0.3 is 20.6 Å². The van der Waals surface area contributed by atoms with E-state index in [4.69, 9.17) is 0 Å². The number of anilines is 1. The van der Waals surface area contributed by atoms with E-state index in [0.29, 0.717) is 24.3 Å². The van der Waals surface area contributed by atoms with Crippen LogP contribution in [-0.4, -0.2) is 34.1 Å². The number of urea groups is 1. The van der Waals surface area contributed by atoms with Gasteiger partial charge in [-0.05, 0) is 48.2 Å². The molecule has 1 aliphatic heterocycles. The van der Waals surface area contributed by atoms with Crippen molar-refractivity contribution >= 4 is 17.6 Å². The number of carbonyl (C=O) groups excluding carboxylic acids is 2. The van der Waals surface area contributed by atoms with Crippen LogP contribution in [0.4, 0.5) is 10.5 Å². The number of fused-ring (bicyclic) bond motifs is 1. The monoisotopic (exact) mass is 351 g/mol. The lowest BCUT2D eigenvalue weighted by atomic mass is 10.1. The molecule has 0 bridgehead atoms. The van der Waals surface area contributed by atoms with Crippen LogP contribution in [0.15, 0.2) is 48.5 Å². The summed E-state index contributed by atoms with van der Waals surface area (Å²) in [7, 11) is 0. The molecule has 6 heteroatoms. The van der Waals surface area contributed by atoms with Gasteiger partial charge in [-0.15, -0.1) is 0 Å². The highest BCUT2D eigenvalue weighted by molar-refractivity contribution is 5.95. The van der Waals surface area contributed by atoms with Crippen molar-refractivity contribution in [2.45, 2.75) is 31.5 Å². The number of hydrogen-bond donors (Lipinski definition) is 3. The van der Waals surface area contributed by atoms with Gasteiger partial charge in [-0.2, -0.15) is 0 Å². The number of nitrogens with one attached hydrogen (secondary N) is 2. The van der Waals surface area contributed by atoms with Gasteiger partial charge in [0.2, 0.25) is 0 Å². The number of aliphatic hydroxyl groups is 1. The fraction of sp³-hybridized carbons (Fsp3) is 0.300. The van der Waals surface area contributed by atoms with Crippen molar-refractivity contribution < 1.29 is 14.7 Å². The molecule has 0 aromatic heterocycles. The molecule has 2 aromatic carbocycles. The summed E-state index contributed by atoms with van der Waals surface area (Å²) in [6.07, 6.45) is 1.47. The van der Waals surface area contributed by atoms with Crippen molar-refractivity contribution in [1.29, 1.82) is 0 Å². The number of carbonyl (C=O) groups is 2. The predicted octanol–water partition coefficient (Wildman–Crippen LogP) is 2.49. The molecule has 1 heterocycles. The summed E-state index contributed by atoms with van der Waals surface area (Å²) >= 11 is 0. The molecular formula is C20H21N3O3. The Labute approximate surface area is 151 Å². The Morgan fingerprint density at radius 1 is 1.00 bits per heavy atom. The molecular weight excluding hydrogens is 330 g/mol. The van der Waals surface area contributed by atoms with E-state index < -0.39 is 5.60 Å². The van der Waals surface area contributed by atoms with Gasteiger partial charge >= 0.3 is 6.03 Å². The lowest BCUT2D eigenvalue weighted by Gasteiger charge is -2.16. The molecule has 1 saturated carbocycles. The minimum atomic E-state index is -0.711. The van der Waals surface area contributed by atoms with E-state index in [-0.39, 0.29) is 18.5 Å². The molecule has 0 spiro atoms. The molecule has 0 radical (unpaired) electrons. The average Bonchev–Trinajstić information content (AvgIpc) is 3.22. The Morgan fingerprint density at radius 3 is 2.19 bits per heavy atom. The lowest BCUT2D eigenvalue weighted by molar-refractivity contribution is 0.0896. The second-order valence-electron chi connectivity index (χ2n) is 7.04. The van der Waals surface area contributed by atoms with Crippen molar-refractivity contribution in [3.8, 4) is 0 Å². The van der Waals surface area contributed by atoms with E-state index in [2.05, 4.69) is 10.6 Å². The van der Waals surface area contributed by atoms with Crippen molar-refractivity contribution in [2.24, 2.45) is 0 Å². The molecule has 6 nitrogen and oxygen atoms in total. The van der Waals surface area contributed by atoms with Crippen LogP contribution < -0.4 is 10.6 Å². The molecule has 1 aliphatic carbocycles. The molecule has 2 aliphatic rings. The van der Waals surface area contributed by atoms with Crippen molar-refractivity contribution in [3.63, 3.8) is 0 Å². The van der Waals surface area contributed by atoms with E-state index >= 15 is 0 Å². The summed E-state index contributed by atoms with van der Waals surface area (Å²) < 4.78 is 0. The quantitative estimate of drug-likeness (QED) is 0.791. The normalized spacial score (nSPS) is 16.7. The highest BCUT2D eigenvalue weighted by Gasteiger charge is 2.40. The SMILES string of the molecule is O=C(NCC1(O)CC1)c1ccc(NC(=O)N2Cc3ccccc3C2)cc1. The number of hydrogen-bond acceptors (Lipinski definition) is 3. The predicted molar refractivity (Wildman–Crippen MR) is 97.7 cm³/mol. The van der Waals surface area contributed by atoms with Crippen LogP contribution in [0.5, 0.6) is 0 Å². The molecule has 3 N–H and O–H groups in total. The van der Waals surface area contributed by atoms with Crippen LogP contribution >= 0.6 is 0 Å². The second kappa shape index (κ2) is 6.46. The summed E-state index contributed by atoms with van der Waals surface area (Å²) in [6.45, 7) is 1.48. The largest absolute Gasteiger partial charge is 0.388 e. The summed E-state index contributed by atoms with van der Waals surface area (Å²) in [5, 5.41) is 15.4. The lowest BCUT2D eigenvalue weighted by Crippen LogP contribution is -2.33. The maximum atomic E-state index is 12.4. The molecule has 0 unspecified atom stereocenters. The van der Waals surface area contributed by atoms with Crippen LogP contribution in [-0.2, 0) is 13.1 Å². The number of benzene rings is 2. The van der Waals surface area contributed by atoms with Crippen LogP contribution in [0.25, 0.3) is 0 Å². The van der Waals surface area contributed by atoms with Crippen LogP contribution in [0.2, 0.25) is 0 Å². The maximum absolute atomic E-state index is 12.4. The number of rotatable bonds is 4. The standard InChI is InChI=1S/C20H21N3O3/c24-18(21-13-20(26)9-10-20)14-5-7-17(8-6-14)22-19(25)23-11-15-3-1-2-4-16(15)12-23/h1-8,26H,9-13H2,(H,21,24)(H,22,25). The van der Waals surface area contributed by atoms with E-state index in [9.17, 15) is 14.7 Å². The third-order valence-electron chi connectivity index (χ3n) is 4.93. The number of nitrogens with zero attached hydrogens (tertiary/aromatic N) is 1. The van der Waals surface area contributed by atoms with E-state index in [1.54, 1.807) is 29.2 Å². The zero-order valence-electron chi connectivity index (χ0n) is 14.4. The smallest absolute Gasteiger partial charge is 0.322 e. The minimum Gasteiger partial charge on any atom is -0.388 e. The average molecular weight is 351 g/mol. The third-order valence-corrected chi connectivity index (χ3v) is 4.93. The Hall–Kier alpha value is -2.86. The van der Waals surface area contributed by atoms with Crippen LogP contribution in [0.3, 0.4) is 0 Å². The third kappa shape index (κ3) is 3.55. The Bertz CT molecular complexity index is 819. The Balaban J connectivity index is 1.32. The van der Waals surface area contributed by atoms with Crippen molar-refractivity contribution in [1.82, 2.24) is 10.2 Å². The fourth-order valence-corrected chi connectivity index (χ4v) is 3.05. The van der Waals surface area contributed by atoms with Gasteiger partial charge in [-0.1, -0.05) is 24.3 Å². The highest BCUT2D eigenvalue weighted by atomic mass is 16.3. The summed E-state index contributed by atoms with van der Waals surface area (Å²) in [5.41, 5.74) is 2.78. The van der Waals surface area contributed by atoms with Crippen molar-refractivity contribution in [3.05, 3.63) is 65.2 Å². The van der Waals surface area contributed by atoms with Gasteiger partial charge in [0, 0.05) is 30.9 Å². The molecule has 3 amide bonds. The van der Waals surface area contributed by atoms with E-state index in [0.717, 1.165) is 12.8 Å². The zero-order valence-corrected chi connectivity index (χ0v) is 14.4. The first kappa shape index (κ1) is 16.6. The highest BCUT2D eigenvalue weighted by Crippen LogP contribution is 2.34. The maximum Gasteiger partial charge on any atom is 0.322 e. The first-order chi connectivity index (χ1) is 12.5. The summed E-state index contributed by atoms with van der Waals surface area (Å²) in [5.74, 6) is -0.224. The summed E-state index contributed by atoms with van der Waals surface area (Å²) in [6, 6.07) is 14.6. The van der Waals surface area contributed by atoms with Crippen LogP contribution in [0.1, 0.15) is 34.3 Å². The fourth-order valence-electron chi connectivity index (χ4n) is 3.05. The van der Waals surface area contributed by atoms with E-state index in [1.165, 1.54) is 11.1 Å². The molecule has 134 valence electrons. The minimum absolute atomic E-state index is 0.158.